The van der Waals surface area contributed by atoms with Crippen LogP contribution in [-0.2, 0) is 11.2 Å². The molecule has 102 valence electrons. The quantitative estimate of drug-likeness (QED) is 0.767. The Morgan fingerprint density at radius 2 is 2.25 bits per heavy atom. The first-order valence-corrected chi connectivity index (χ1v) is 6.83. The van der Waals surface area contributed by atoms with Crippen molar-refractivity contribution >= 4 is 27.5 Å². The summed E-state index contributed by atoms with van der Waals surface area (Å²) in [5, 5.41) is 13.2. The Morgan fingerprint density at radius 3 is 2.95 bits per heavy atom. The van der Waals surface area contributed by atoms with E-state index in [9.17, 15) is 4.79 Å². The fourth-order valence-corrected chi connectivity index (χ4v) is 2.52. The van der Waals surface area contributed by atoms with Gasteiger partial charge in [0.05, 0.1) is 17.8 Å². The molecular weight excluding hydrogens is 324 g/mol. The molecule has 3 heterocycles. The van der Waals surface area contributed by atoms with E-state index in [1.807, 2.05) is 30.6 Å². The Hall–Kier alpha value is -2.15. The third kappa shape index (κ3) is 2.32. The van der Waals surface area contributed by atoms with Gasteiger partial charge in [-0.25, -0.2) is 9.50 Å². The highest BCUT2D eigenvalue weighted by atomic mass is 79.9. The second-order valence-electron chi connectivity index (χ2n) is 4.33. The molecular formula is C13H11BrN4O2. The summed E-state index contributed by atoms with van der Waals surface area (Å²) < 4.78 is 2.38. The highest BCUT2D eigenvalue weighted by Crippen LogP contribution is 2.22. The zero-order valence-electron chi connectivity index (χ0n) is 10.4. The molecule has 0 aromatic carbocycles. The van der Waals surface area contributed by atoms with E-state index < -0.39 is 5.97 Å². The molecule has 0 unspecified atom stereocenters. The lowest BCUT2D eigenvalue weighted by atomic mass is 10.2. The number of imidazole rings is 1. The summed E-state index contributed by atoms with van der Waals surface area (Å²) in [7, 11) is 0. The average Bonchev–Trinajstić information content (AvgIpc) is 3.05. The monoisotopic (exact) mass is 334 g/mol. The number of rotatable bonds is 4. The molecule has 0 radical (unpaired) electrons. The number of carbonyl (C=O) groups is 1. The summed E-state index contributed by atoms with van der Waals surface area (Å²) in [6.07, 6.45) is 4.12. The van der Waals surface area contributed by atoms with Gasteiger partial charge in [-0.3, -0.25) is 4.79 Å². The van der Waals surface area contributed by atoms with Crippen molar-refractivity contribution in [1.29, 1.82) is 0 Å². The fraction of sp³-hybridized carbons (Fsp3) is 0.154. The van der Waals surface area contributed by atoms with Crippen molar-refractivity contribution in [3.63, 3.8) is 0 Å². The van der Waals surface area contributed by atoms with Gasteiger partial charge in [-0.05, 0) is 34.1 Å². The molecule has 0 saturated carbocycles. The number of hydrogen-bond donors (Lipinski definition) is 2. The number of hydrogen-bond acceptors (Lipinski definition) is 3. The third-order valence-corrected chi connectivity index (χ3v) is 3.75. The Balaban J connectivity index is 2.01. The molecule has 3 aromatic rings. The van der Waals surface area contributed by atoms with E-state index in [1.54, 1.807) is 4.52 Å². The third-order valence-electron chi connectivity index (χ3n) is 2.96. The maximum Gasteiger partial charge on any atom is 0.303 e. The van der Waals surface area contributed by atoms with Gasteiger partial charge in [0.1, 0.15) is 4.60 Å². The highest BCUT2D eigenvalue weighted by molar-refractivity contribution is 9.10. The zero-order valence-corrected chi connectivity index (χ0v) is 12.0. The van der Waals surface area contributed by atoms with E-state index in [-0.39, 0.29) is 6.42 Å². The van der Waals surface area contributed by atoms with Crippen LogP contribution in [0.2, 0.25) is 0 Å². The number of halogens is 1. The number of nitrogens with zero attached hydrogens (tertiary/aromatic N) is 3. The maximum absolute atomic E-state index is 10.6. The van der Waals surface area contributed by atoms with E-state index in [2.05, 4.69) is 31.0 Å². The molecule has 6 nitrogen and oxygen atoms in total. The molecule has 20 heavy (non-hydrogen) atoms. The van der Waals surface area contributed by atoms with Crippen molar-refractivity contribution in [3.8, 4) is 11.3 Å². The smallest absolute Gasteiger partial charge is 0.303 e. The lowest BCUT2D eigenvalue weighted by Crippen LogP contribution is -1.98. The first-order valence-electron chi connectivity index (χ1n) is 6.04. The van der Waals surface area contributed by atoms with Gasteiger partial charge < -0.3 is 10.1 Å². The number of fused-ring (bicyclic) bond motifs is 1. The predicted molar refractivity (Wildman–Crippen MR) is 76.4 cm³/mol. The Kier molecular flexibility index (Phi) is 3.27. The minimum Gasteiger partial charge on any atom is -0.481 e. The number of nitrogens with one attached hydrogen (secondary N) is 1. The van der Waals surface area contributed by atoms with Crippen LogP contribution in [0.1, 0.15) is 12.1 Å². The van der Waals surface area contributed by atoms with Crippen molar-refractivity contribution in [2.75, 3.05) is 0 Å². The summed E-state index contributed by atoms with van der Waals surface area (Å²) in [6, 6.07) is 5.69. The van der Waals surface area contributed by atoms with Crippen molar-refractivity contribution in [2.24, 2.45) is 0 Å². The summed E-state index contributed by atoms with van der Waals surface area (Å²) in [5.41, 5.74) is 3.20. The van der Waals surface area contributed by atoms with Gasteiger partial charge in [0, 0.05) is 24.4 Å². The SMILES string of the molecule is O=C(O)CCc1nc2ccc(-c3cc[nH]c3)nn2c1Br. The molecule has 0 aliphatic rings. The molecule has 0 spiro atoms. The van der Waals surface area contributed by atoms with Crippen LogP contribution in [0.25, 0.3) is 16.9 Å². The Morgan fingerprint density at radius 1 is 1.40 bits per heavy atom. The van der Waals surface area contributed by atoms with Crippen LogP contribution in [0, 0.1) is 0 Å². The summed E-state index contributed by atoms with van der Waals surface area (Å²) in [6.45, 7) is 0. The van der Waals surface area contributed by atoms with Crippen LogP contribution in [0.5, 0.6) is 0 Å². The standard InChI is InChI=1S/C13H11BrN4O2/c14-13-10(2-4-12(19)20)16-11-3-1-9(17-18(11)13)8-5-6-15-7-8/h1,3,5-7,15H,2,4H2,(H,19,20). The molecule has 2 N–H and O–H groups in total. The maximum atomic E-state index is 10.6. The van der Waals surface area contributed by atoms with E-state index in [0.717, 1.165) is 11.3 Å². The predicted octanol–water partition coefficient (Wildman–Crippen LogP) is 2.50. The summed E-state index contributed by atoms with van der Waals surface area (Å²) in [5.74, 6) is -0.838. The Labute approximate surface area is 122 Å². The molecule has 0 bridgehead atoms. The summed E-state index contributed by atoms with van der Waals surface area (Å²) >= 11 is 3.44. The lowest BCUT2D eigenvalue weighted by Gasteiger charge is -1.99. The number of carboxylic acid groups (broad SMARTS) is 1. The average molecular weight is 335 g/mol. The number of aromatic nitrogens is 4. The van der Waals surface area contributed by atoms with Gasteiger partial charge in [0.15, 0.2) is 5.65 Å². The van der Waals surface area contributed by atoms with Crippen LogP contribution in [0.4, 0.5) is 0 Å². The van der Waals surface area contributed by atoms with Crippen LogP contribution in [0.15, 0.2) is 35.2 Å². The van der Waals surface area contributed by atoms with Crippen molar-refractivity contribution in [1.82, 2.24) is 19.6 Å². The van der Waals surface area contributed by atoms with Gasteiger partial charge >= 0.3 is 5.97 Å². The van der Waals surface area contributed by atoms with Gasteiger partial charge in [-0.1, -0.05) is 0 Å². The largest absolute Gasteiger partial charge is 0.481 e. The van der Waals surface area contributed by atoms with Crippen LogP contribution in [-0.4, -0.2) is 30.7 Å². The van der Waals surface area contributed by atoms with Crippen molar-refractivity contribution in [2.45, 2.75) is 12.8 Å². The van der Waals surface area contributed by atoms with E-state index >= 15 is 0 Å². The van der Waals surface area contributed by atoms with Crippen molar-refractivity contribution in [3.05, 3.63) is 40.9 Å². The first kappa shape index (κ1) is 12.9. The van der Waals surface area contributed by atoms with Gasteiger partial charge in [0.2, 0.25) is 0 Å². The topological polar surface area (TPSA) is 83.3 Å². The van der Waals surface area contributed by atoms with Gasteiger partial charge in [-0.15, -0.1) is 0 Å². The molecule has 0 fully saturated rings. The zero-order chi connectivity index (χ0) is 14.1. The second-order valence-corrected chi connectivity index (χ2v) is 5.08. The minimum atomic E-state index is -0.838. The van der Waals surface area contributed by atoms with Crippen molar-refractivity contribution < 1.29 is 9.90 Å². The number of aromatic amines is 1. The van der Waals surface area contributed by atoms with Crippen LogP contribution >= 0.6 is 15.9 Å². The molecule has 7 heteroatoms. The number of aliphatic carboxylic acids is 1. The van der Waals surface area contributed by atoms with E-state index in [4.69, 9.17) is 5.11 Å². The summed E-state index contributed by atoms with van der Waals surface area (Å²) in [4.78, 5) is 18.0. The molecule has 0 aliphatic heterocycles. The molecule has 0 amide bonds. The second kappa shape index (κ2) is 5.09. The number of H-pyrrole nitrogens is 1. The highest BCUT2D eigenvalue weighted by Gasteiger charge is 2.13. The van der Waals surface area contributed by atoms with E-state index in [1.165, 1.54) is 0 Å². The fourth-order valence-electron chi connectivity index (χ4n) is 1.97. The first-order chi connectivity index (χ1) is 9.65. The molecule has 0 saturated heterocycles. The van der Waals surface area contributed by atoms with Crippen LogP contribution in [0.3, 0.4) is 0 Å². The number of carboxylic acids is 1. The Bertz CT molecular complexity index is 764. The van der Waals surface area contributed by atoms with Gasteiger partial charge in [-0.2, -0.15) is 5.10 Å². The lowest BCUT2D eigenvalue weighted by molar-refractivity contribution is -0.136. The normalized spacial score (nSPS) is 11.1. The molecule has 0 atom stereocenters. The number of aryl methyl sites for hydroxylation is 1. The van der Waals surface area contributed by atoms with Crippen LogP contribution < -0.4 is 0 Å². The van der Waals surface area contributed by atoms with Gasteiger partial charge in [0.25, 0.3) is 0 Å². The van der Waals surface area contributed by atoms with E-state index in [0.29, 0.717) is 22.4 Å². The molecule has 0 aliphatic carbocycles. The molecule has 3 rings (SSSR count). The molecule has 3 aromatic heterocycles. The minimum absolute atomic E-state index is 0.0488.